The third-order valence-corrected chi connectivity index (χ3v) is 8.21. The van der Waals surface area contributed by atoms with Crippen LogP contribution in [0.1, 0.15) is 13.8 Å². The second kappa shape index (κ2) is 10.9. The van der Waals surface area contributed by atoms with Crippen LogP contribution in [0.15, 0.2) is 65.8 Å². The molecule has 1 aliphatic rings. The highest BCUT2D eigenvalue weighted by atomic mass is 32.2. The Kier molecular flexibility index (Phi) is 7.65. The van der Waals surface area contributed by atoms with Crippen LogP contribution in [0.3, 0.4) is 0 Å². The van der Waals surface area contributed by atoms with Gasteiger partial charge in [0, 0.05) is 50.6 Å². The molecule has 11 nitrogen and oxygen atoms in total. The summed E-state index contributed by atoms with van der Waals surface area (Å²) < 4.78 is 26.8. The number of anilines is 4. The van der Waals surface area contributed by atoms with Crippen molar-refractivity contribution >= 4 is 38.7 Å². The molecule has 3 aromatic rings. The highest BCUT2D eigenvalue weighted by Crippen LogP contribution is 2.34. The average Bonchev–Trinajstić information content (AvgIpc) is 2.90. The number of nitrogens with zero attached hydrogens (tertiary/aromatic N) is 6. The number of benzene rings is 2. The van der Waals surface area contributed by atoms with Crippen LogP contribution >= 0.6 is 0 Å². The first-order chi connectivity index (χ1) is 17.3. The SMILES string of the molecule is CCN(CC)S(=O)(=O)c1ccc(Nc2ncnc(N3CCN(c4ccccc4)CC3)c2[N+](=O)[O-])cc1. The summed E-state index contributed by atoms with van der Waals surface area (Å²) in [6, 6.07) is 16.1. The van der Waals surface area contributed by atoms with Crippen LogP contribution in [0.5, 0.6) is 0 Å². The van der Waals surface area contributed by atoms with Crippen LogP contribution in [0, 0.1) is 10.1 Å². The number of hydrogen-bond donors (Lipinski definition) is 1. The molecule has 36 heavy (non-hydrogen) atoms. The Labute approximate surface area is 210 Å². The van der Waals surface area contributed by atoms with Crippen LogP contribution in [0.2, 0.25) is 0 Å². The minimum Gasteiger partial charge on any atom is -0.368 e. The van der Waals surface area contributed by atoms with Crippen molar-refractivity contribution in [1.29, 1.82) is 0 Å². The molecule has 190 valence electrons. The second-order valence-electron chi connectivity index (χ2n) is 8.20. The molecule has 2 heterocycles. The average molecular weight is 512 g/mol. The zero-order chi connectivity index (χ0) is 25.7. The molecule has 1 aromatic heterocycles. The van der Waals surface area contributed by atoms with Gasteiger partial charge in [0.1, 0.15) is 6.33 Å². The van der Waals surface area contributed by atoms with Crippen LogP contribution in [0.25, 0.3) is 0 Å². The van der Waals surface area contributed by atoms with Crippen molar-refractivity contribution < 1.29 is 13.3 Å². The maximum absolute atomic E-state index is 12.7. The van der Waals surface area contributed by atoms with Gasteiger partial charge in [-0.2, -0.15) is 4.31 Å². The molecule has 12 heteroatoms. The minimum atomic E-state index is -3.60. The van der Waals surface area contributed by atoms with E-state index in [1.54, 1.807) is 26.0 Å². The Morgan fingerprint density at radius 1 is 0.944 bits per heavy atom. The lowest BCUT2D eigenvalue weighted by Gasteiger charge is -2.36. The van der Waals surface area contributed by atoms with E-state index in [4.69, 9.17) is 0 Å². The predicted octanol–water partition coefficient (Wildman–Crippen LogP) is 3.49. The largest absolute Gasteiger partial charge is 0.368 e. The Hall–Kier alpha value is -3.77. The van der Waals surface area contributed by atoms with Gasteiger partial charge in [-0.25, -0.2) is 18.4 Å². The van der Waals surface area contributed by atoms with Crippen LogP contribution in [0.4, 0.5) is 28.7 Å². The van der Waals surface area contributed by atoms with Crippen molar-refractivity contribution in [2.75, 3.05) is 54.4 Å². The Morgan fingerprint density at radius 3 is 2.14 bits per heavy atom. The molecule has 2 aromatic carbocycles. The Bertz CT molecular complexity index is 1290. The second-order valence-corrected chi connectivity index (χ2v) is 10.1. The predicted molar refractivity (Wildman–Crippen MR) is 139 cm³/mol. The molecule has 0 unspecified atom stereocenters. The standard InChI is InChI=1S/C24H29N7O4S/c1-3-30(4-2)36(34,35)21-12-10-19(11-13-21)27-23-22(31(32)33)24(26-18-25-23)29-16-14-28(15-17-29)20-8-6-5-7-9-20/h5-13,18H,3-4,14-17H2,1-2H3,(H,25,26,27). The smallest absolute Gasteiger partial charge is 0.353 e. The highest BCUT2D eigenvalue weighted by molar-refractivity contribution is 7.89. The molecule has 0 aliphatic carbocycles. The first-order valence-electron chi connectivity index (χ1n) is 11.8. The number of rotatable bonds is 9. The molecule has 1 N–H and O–H groups in total. The number of aromatic nitrogens is 2. The summed E-state index contributed by atoms with van der Waals surface area (Å²) in [5.74, 6) is 0.306. The van der Waals surface area contributed by atoms with Gasteiger partial charge in [-0.15, -0.1) is 0 Å². The van der Waals surface area contributed by atoms with Crippen molar-refractivity contribution in [3.8, 4) is 0 Å². The van der Waals surface area contributed by atoms with E-state index < -0.39 is 14.9 Å². The number of hydrogen-bond acceptors (Lipinski definition) is 9. The zero-order valence-electron chi connectivity index (χ0n) is 20.2. The van der Waals surface area contributed by atoms with E-state index in [2.05, 4.69) is 20.2 Å². The van der Waals surface area contributed by atoms with Crippen LogP contribution in [-0.4, -0.2) is 66.9 Å². The topological polar surface area (TPSA) is 125 Å². The van der Waals surface area contributed by atoms with Gasteiger partial charge in [0.25, 0.3) is 0 Å². The Morgan fingerprint density at radius 2 is 1.56 bits per heavy atom. The van der Waals surface area contributed by atoms with Gasteiger partial charge in [0.2, 0.25) is 21.7 Å². The monoisotopic (exact) mass is 511 g/mol. The third-order valence-electron chi connectivity index (χ3n) is 6.15. The number of nitrogens with one attached hydrogen (secondary N) is 1. The van der Waals surface area contributed by atoms with Crippen molar-refractivity contribution in [2.24, 2.45) is 0 Å². The lowest BCUT2D eigenvalue weighted by molar-refractivity contribution is -0.383. The molecule has 1 aliphatic heterocycles. The molecule has 4 rings (SSSR count). The van der Waals surface area contributed by atoms with E-state index in [0.29, 0.717) is 45.0 Å². The van der Waals surface area contributed by atoms with Crippen molar-refractivity contribution in [2.45, 2.75) is 18.7 Å². The fraction of sp³-hybridized carbons (Fsp3) is 0.333. The quantitative estimate of drug-likeness (QED) is 0.339. The van der Waals surface area contributed by atoms with E-state index >= 15 is 0 Å². The molecule has 0 atom stereocenters. The van der Waals surface area contributed by atoms with Gasteiger partial charge in [-0.1, -0.05) is 32.0 Å². The summed E-state index contributed by atoms with van der Waals surface area (Å²) in [6.45, 7) is 6.86. The van der Waals surface area contributed by atoms with Gasteiger partial charge in [0.15, 0.2) is 0 Å². The lowest BCUT2D eigenvalue weighted by atomic mass is 10.2. The maximum Gasteiger partial charge on any atom is 0.353 e. The van der Waals surface area contributed by atoms with Gasteiger partial charge in [-0.3, -0.25) is 10.1 Å². The zero-order valence-corrected chi connectivity index (χ0v) is 21.1. The van der Waals surface area contributed by atoms with E-state index in [-0.39, 0.29) is 22.2 Å². The van der Waals surface area contributed by atoms with Gasteiger partial charge < -0.3 is 15.1 Å². The number of sulfonamides is 1. The lowest BCUT2D eigenvalue weighted by Crippen LogP contribution is -2.47. The molecule has 0 radical (unpaired) electrons. The first kappa shape index (κ1) is 25.3. The summed E-state index contributed by atoms with van der Waals surface area (Å²) in [7, 11) is -3.60. The van der Waals surface area contributed by atoms with Gasteiger partial charge in [0.05, 0.1) is 9.82 Å². The first-order valence-corrected chi connectivity index (χ1v) is 13.2. The van der Waals surface area contributed by atoms with Crippen molar-refractivity contribution in [3.05, 3.63) is 71.0 Å². The molecule has 0 amide bonds. The van der Waals surface area contributed by atoms with E-state index in [9.17, 15) is 18.5 Å². The molecule has 0 bridgehead atoms. The number of piperazine rings is 1. The van der Waals surface area contributed by atoms with Gasteiger partial charge >= 0.3 is 5.69 Å². The number of para-hydroxylation sites is 1. The molecular formula is C24H29N7O4S. The van der Waals surface area contributed by atoms with E-state index in [1.807, 2.05) is 35.2 Å². The summed E-state index contributed by atoms with van der Waals surface area (Å²) in [5, 5.41) is 15.0. The molecule has 1 saturated heterocycles. The summed E-state index contributed by atoms with van der Waals surface area (Å²) in [5.41, 5.74) is 1.38. The molecule has 1 fully saturated rings. The summed E-state index contributed by atoms with van der Waals surface area (Å²) in [6.07, 6.45) is 1.30. The van der Waals surface area contributed by atoms with Gasteiger partial charge in [-0.05, 0) is 36.4 Å². The maximum atomic E-state index is 12.7. The van der Waals surface area contributed by atoms with Crippen molar-refractivity contribution in [1.82, 2.24) is 14.3 Å². The molecule has 0 saturated carbocycles. The van der Waals surface area contributed by atoms with Crippen LogP contribution in [-0.2, 0) is 10.0 Å². The van der Waals surface area contributed by atoms with E-state index in [0.717, 1.165) is 5.69 Å². The van der Waals surface area contributed by atoms with E-state index in [1.165, 1.54) is 22.8 Å². The summed E-state index contributed by atoms with van der Waals surface area (Å²) in [4.78, 5) is 24.2. The fourth-order valence-electron chi connectivity index (χ4n) is 4.24. The minimum absolute atomic E-state index is 0.0508. The fourth-order valence-corrected chi connectivity index (χ4v) is 5.69. The Balaban J connectivity index is 1.54. The molecule has 0 spiro atoms. The normalized spacial score (nSPS) is 14.2. The van der Waals surface area contributed by atoms with Crippen LogP contribution < -0.4 is 15.1 Å². The number of nitro groups is 1. The highest BCUT2D eigenvalue weighted by Gasteiger charge is 2.29. The van der Waals surface area contributed by atoms with Crippen molar-refractivity contribution in [3.63, 3.8) is 0 Å². The summed E-state index contributed by atoms with van der Waals surface area (Å²) >= 11 is 0. The third kappa shape index (κ3) is 5.24. The molecular weight excluding hydrogens is 482 g/mol.